The zero-order valence-electron chi connectivity index (χ0n) is 12.4. The maximum Gasteiger partial charge on any atom is 0.150 e. The first-order chi connectivity index (χ1) is 6.84. The molecule has 0 aromatic heterocycles. The van der Waals surface area contributed by atoms with Gasteiger partial charge in [0.2, 0.25) is 0 Å². The molecule has 0 bridgehead atoms. The lowest BCUT2D eigenvalue weighted by Gasteiger charge is -2.43. The Labute approximate surface area is 110 Å². The SMILES string of the molecule is C[Si](C)(Cl)CCCN([Si](C)(C)C)[Si](C)(C)C. The summed E-state index contributed by atoms with van der Waals surface area (Å²) in [4.78, 5) is 0. The van der Waals surface area contributed by atoms with Gasteiger partial charge in [0.1, 0.15) is 16.5 Å². The fourth-order valence-corrected chi connectivity index (χ4v) is 13.4. The fourth-order valence-electron chi connectivity index (χ4n) is 2.33. The van der Waals surface area contributed by atoms with E-state index in [9.17, 15) is 0 Å². The first-order valence-corrected chi connectivity index (χ1v) is 17.4. The van der Waals surface area contributed by atoms with Crippen LogP contribution in [0.4, 0.5) is 0 Å². The first-order valence-electron chi connectivity index (χ1n) is 6.31. The third-order valence-electron chi connectivity index (χ3n) is 2.77. The van der Waals surface area contributed by atoms with Crippen LogP contribution in [0.2, 0.25) is 58.4 Å². The highest BCUT2D eigenvalue weighted by molar-refractivity contribution is 7.19. The van der Waals surface area contributed by atoms with Crippen molar-refractivity contribution in [2.45, 2.75) is 64.8 Å². The molecule has 0 radical (unpaired) electrons. The molecule has 0 rings (SSSR count). The highest BCUT2D eigenvalue weighted by Gasteiger charge is 2.34. The van der Waals surface area contributed by atoms with Gasteiger partial charge in [0.25, 0.3) is 0 Å². The largest absolute Gasteiger partial charge is 0.346 e. The number of rotatable bonds is 6. The molecule has 5 heteroatoms. The molecule has 0 unspecified atom stereocenters. The summed E-state index contributed by atoms with van der Waals surface area (Å²) in [6.45, 7) is 20.6. The van der Waals surface area contributed by atoms with E-state index in [4.69, 9.17) is 11.1 Å². The van der Waals surface area contributed by atoms with Crippen molar-refractivity contribution < 1.29 is 0 Å². The van der Waals surface area contributed by atoms with E-state index >= 15 is 0 Å². The molecule has 0 aromatic rings. The monoisotopic (exact) mass is 295 g/mol. The zero-order chi connectivity index (χ0) is 13.2. The van der Waals surface area contributed by atoms with Crippen LogP contribution in [0.15, 0.2) is 0 Å². The van der Waals surface area contributed by atoms with Crippen molar-refractivity contribution in [2.24, 2.45) is 0 Å². The molecule has 0 spiro atoms. The maximum absolute atomic E-state index is 6.39. The minimum atomic E-state index is -1.37. The summed E-state index contributed by atoms with van der Waals surface area (Å²) >= 11 is 6.39. The maximum atomic E-state index is 6.39. The molecular weight excluding hydrogens is 266 g/mol. The molecule has 0 saturated carbocycles. The Morgan fingerprint density at radius 2 is 1.19 bits per heavy atom. The molecule has 0 N–H and O–H groups in total. The molecule has 98 valence electrons. The van der Waals surface area contributed by atoms with Crippen LogP contribution in [-0.4, -0.2) is 34.6 Å². The van der Waals surface area contributed by atoms with Gasteiger partial charge in [-0.2, -0.15) is 11.1 Å². The van der Waals surface area contributed by atoms with Crippen molar-refractivity contribution in [3.05, 3.63) is 0 Å². The van der Waals surface area contributed by atoms with Gasteiger partial charge in [-0.1, -0.05) is 52.4 Å². The smallest absolute Gasteiger partial charge is 0.150 e. The van der Waals surface area contributed by atoms with Gasteiger partial charge in [0.05, 0.1) is 0 Å². The molecule has 0 aliphatic carbocycles. The van der Waals surface area contributed by atoms with E-state index in [1.165, 1.54) is 19.0 Å². The molecule has 0 aromatic carbocycles. The summed E-state index contributed by atoms with van der Waals surface area (Å²) in [5.74, 6) is 0. The van der Waals surface area contributed by atoms with E-state index in [-0.39, 0.29) is 0 Å². The Morgan fingerprint density at radius 3 is 1.44 bits per heavy atom. The predicted octanol–water partition coefficient (Wildman–Crippen LogP) is 4.79. The minimum absolute atomic E-state index is 1.15. The van der Waals surface area contributed by atoms with Crippen LogP contribution in [0.1, 0.15) is 6.42 Å². The highest BCUT2D eigenvalue weighted by atomic mass is 35.6. The van der Waals surface area contributed by atoms with Gasteiger partial charge >= 0.3 is 0 Å². The van der Waals surface area contributed by atoms with Crippen LogP contribution in [0.5, 0.6) is 0 Å². The van der Waals surface area contributed by atoms with E-state index in [0.29, 0.717) is 0 Å². The fraction of sp³-hybridized carbons (Fsp3) is 1.00. The van der Waals surface area contributed by atoms with Gasteiger partial charge in [-0.15, -0.1) is 0 Å². The number of nitrogens with zero attached hydrogens (tertiary/aromatic N) is 1. The quantitative estimate of drug-likeness (QED) is 0.503. The second kappa shape index (κ2) is 5.69. The standard InChI is InChI=1S/C11H30ClNSi3/c1-14(2,3)13(15(4,5)6)10-9-11-16(7,8)12/h9-11H2,1-8H3. The molecule has 1 nitrogen and oxygen atoms in total. The molecule has 0 atom stereocenters. The third kappa shape index (κ3) is 7.27. The van der Waals surface area contributed by atoms with Crippen LogP contribution >= 0.6 is 11.1 Å². The van der Waals surface area contributed by atoms with Crippen LogP contribution in [-0.2, 0) is 0 Å². The Balaban J connectivity index is 4.38. The van der Waals surface area contributed by atoms with Gasteiger partial charge in [0, 0.05) is 0 Å². The summed E-state index contributed by atoms with van der Waals surface area (Å²) in [6, 6.07) is 1.25. The third-order valence-corrected chi connectivity index (χ3v) is 12.6. The van der Waals surface area contributed by atoms with E-state index in [0.717, 1.165) is 0 Å². The van der Waals surface area contributed by atoms with Crippen LogP contribution in [0.25, 0.3) is 0 Å². The Kier molecular flexibility index (Phi) is 6.01. The second-order valence-electron chi connectivity index (χ2n) is 7.32. The van der Waals surface area contributed by atoms with E-state index < -0.39 is 23.9 Å². The highest BCUT2D eigenvalue weighted by Crippen LogP contribution is 2.23. The summed E-state index contributed by atoms with van der Waals surface area (Å²) in [7, 11) is -3.67. The van der Waals surface area contributed by atoms with Crippen molar-refractivity contribution in [2.75, 3.05) is 6.54 Å². The van der Waals surface area contributed by atoms with E-state index in [1.54, 1.807) is 0 Å². The molecule has 0 saturated heterocycles. The van der Waals surface area contributed by atoms with Crippen molar-refractivity contribution in [1.82, 2.24) is 4.23 Å². The van der Waals surface area contributed by atoms with Gasteiger partial charge in [-0.05, 0) is 19.0 Å². The summed E-state index contributed by atoms with van der Waals surface area (Å²) < 4.78 is 2.86. The minimum Gasteiger partial charge on any atom is -0.346 e. The van der Waals surface area contributed by atoms with Gasteiger partial charge in [0.15, 0.2) is 7.38 Å². The van der Waals surface area contributed by atoms with Crippen molar-refractivity contribution in [1.29, 1.82) is 0 Å². The van der Waals surface area contributed by atoms with Crippen molar-refractivity contribution in [3.63, 3.8) is 0 Å². The number of hydrogen-bond acceptors (Lipinski definition) is 1. The average Bonchev–Trinajstić information content (AvgIpc) is 1.90. The van der Waals surface area contributed by atoms with Crippen molar-refractivity contribution in [3.8, 4) is 0 Å². The second-order valence-corrected chi connectivity index (χ2v) is 24.5. The van der Waals surface area contributed by atoms with Crippen LogP contribution in [0.3, 0.4) is 0 Å². The Bertz CT molecular complexity index is 199. The molecule has 0 amide bonds. The summed E-state index contributed by atoms with van der Waals surface area (Å²) in [5, 5.41) is 0. The Hall–Kier alpha value is 0.901. The summed E-state index contributed by atoms with van der Waals surface area (Å²) in [6.07, 6.45) is 1.29. The lowest BCUT2D eigenvalue weighted by molar-refractivity contribution is 0.599. The van der Waals surface area contributed by atoms with Gasteiger partial charge in [-0.3, -0.25) is 0 Å². The molecule has 0 aliphatic heterocycles. The molecule has 16 heavy (non-hydrogen) atoms. The lowest BCUT2D eigenvalue weighted by atomic mass is 10.5. The van der Waals surface area contributed by atoms with Gasteiger partial charge < -0.3 is 4.23 Å². The lowest BCUT2D eigenvalue weighted by Crippen LogP contribution is -2.59. The normalized spacial score (nSPS) is 14.6. The number of hydrogen-bond donors (Lipinski definition) is 0. The van der Waals surface area contributed by atoms with E-state index in [1.807, 2.05) is 0 Å². The molecule has 0 heterocycles. The molecular formula is C11H30ClNSi3. The predicted molar refractivity (Wildman–Crippen MR) is 86.2 cm³/mol. The average molecular weight is 296 g/mol. The molecule has 0 aliphatic rings. The van der Waals surface area contributed by atoms with E-state index in [2.05, 4.69) is 56.6 Å². The van der Waals surface area contributed by atoms with Gasteiger partial charge in [-0.25, -0.2) is 0 Å². The molecule has 0 fully saturated rings. The van der Waals surface area contributed by atoms with Crippen molar-refractivity contribution >= 4 is 34.9 Å². The first kappa shape index (κ1) is 16.9. The number of halogens is 1. The summed E-state index contributed by atoms with van der Waals surface area (Å²) in [5.41, 5.74) is 0. The Morgan fingerprint density at radius 1 is 0.812 bits per heavy atom. The zero-order valence-corrected chi connectivity index (χ0v) is 16.2. The van der Waals surface area contributed by atoms with Crippen LogP contribution < -0.4 is 0 Å². The topological polar surface area (TPSA) is 3.24 Å². The van der Waals surface area contributed by atoms with Crippen LogP contribution in [0, 0.1) is 0 Å².